The van der Waals surface area contributed by atoms with Gasteiger partial charge in [0.2, 0.25) is 0 Å². The largest absolute Gasteiger partial charge is 0.444 e. The Hall–Kier alpha value is -1.49. The molecule has 0 saturated carbocycles. The minimum atomic E-state index is -0.456. The number of hydrogen-bond donors (Lipinski definition) is 1. The van der Waals surface area contributed by atoms with Gasteiger partial charge in [0.1, 0.15) is 5.60 Å². The zero-order valence-corrected chi connectivity index (χ0v) is 14.1. The summed E-state index contributed by atoms with van der Waals surface area (Å²) in [5.41, 5.74) is 3.08. The van der Waals surface area contributed by atoms with Crippen LogP contribution in [0.5, 0.6) is 0 Å². The van der Waals surface area contributed by atoms with Crippen LogP contribution >= 0.6 is 15.9 Å². The maximum atomic E-state index is 12.2. The van der Waals surface area contributed by atoms with E-state index in [-0.39, 0.29) is 6.09 Å². The van der Waals surface area contributed by atoms with Gasteiger partial charge in [0, 0.05) is 27.6 Å². The van der Waals surface area contributed by atoms with Crippen LogP contribution in [-0.2, 0) is 17.7 Å². The molecule has 2 aromatic rings. The van der Waals surface area contributed by atoms with E-state index >= 15 is 0 Å². The van der Waals surface area contributed by atoms with Gasteiger partial charge in [-0.2, -0.15) is 0 Å². The standard InChI is InChI=1S/C16H19BrN2O2/c1-16(2,3)21-15(20)19-7-6-12-11-5-4-10(17)8-13(11)18-14(12)9-19/h4-5,8,18H,6-7,9H2,1-3H3. The van der Waals surface area contributed by atoms with Gasteiger partial charge < -0.3 is 14.6 Å². The molecule has 5 heteroatoms. The molecule has 1 aliphatic rings. The molecular formula is C16H19BrN2O2. The van der Waals surface area contributed by atoms with Crippen LogP contribution in [0.1, 0.15) is 32.0 Å². The zero-order chi connectivity index (χ0) is 15.2. The van der Waals surface area contributed by atoms with E-state index in [2.05, 4.69) is 39.1 Å². The second kappa shape index (κ2) is 5.05. The SMILES string of the molecule is CC(C)(C)OC(=O)N1CCc2c([nH]c3cc(Br)ccc23)C1. The highest BCUT2D eigenvalue weighted by atomic mass is 79.9. The highest BCUT2D eigenvalue weighted by Gasteiger charge is 2.27. The van der Waals surface area contributed by atoms with Crippen LogP contribution in [0.15, 0.2) is 22.7 Å². The number of carbonyl (C=O) groups is 1. The van der Waals surface area contributed by atoms with Gasteiger partial charge in [-0.15, -0.1) is 0 Å². The van der Waals surface area contributed by atoms with Gasteiger partial charge in [0.15, 0.2) is 0 Å². The van der Waals surface area contributed by atoms with E-state index in [0.717, 1.165) is 22.1 Å². The third-order valence-corrected chi connectivity index (χ3v) is 4.08. The average Bonchev–Trinajstić information content (AvgIpc) is 2.72. The number of ether oxygens (including phenoxy) is 1. The normalized spacial score (nSPS) is 15.1. The van der Waals surface area contributed by atoms with Crippen molar-refractivity contribution < 1.29 is 9.53 Å². The van der Waals surface area contributed by atoms with Gasteiger partial charge in [-0.3, -0.25) is 0 Å². The molecule has 1 aromatic carbocycles. The monoisotopic (exact) mass is 350 g/mol. The lowest BCUT2D eigenvalue weighted by Crippen LogP contribution is -2.39. The van der Waals surface area contributed by atoms with E-state index < -0.39 is 5.60 Å². The summed E-state index contributed by atoms with van der Waals surface area (Å²) in [6.45, 7) is 6.95. The molecule has 1 N–H and O–H groups in total. The van der Waals surface area contributed by atoms with Crippen LogP contribution in [0.3, 0.4) is 0 Å². The van der Waals surface area contributed by atoms with Gasteiger partial charge in [-0.05, 0) is 44.9 Å². The summed E-state index contributed by atoms with van der Waals surface area (Å²) in [4.78, 5) is 17.4. The Labute approximate surface area is 132 Å². The van der Waals surface area contributed by atoms with Gasteiger partial charge in [-0.1, -0.05) is 22.0 Å². The minimum Gasteiger partial charge on any atom is -0.444 e. The van der Waals surface area contributed by atoms with Gasteiger partial charge in [-0.25, -0.2) is 4.79 Å². The summed E-state index contributed by atoms with van der Waals surface area (Å²) < 4.78 is 6.50. The number of hydrogen-bond acceptors (Lipinski definition) is 2. The third-order valence-electron chi connectivity index (χ3n) is 3.59. The molecular weight excluding hydrogens is 332 g/mol. The number of rotatable bonds is 0. The first-order valence-corrected chi connectivity index (χ1v) is 7.90. The molecule has 21 heavy (non-hydrogen) atoms. The van der Waals surface area contributed by atoms with E-state index in [1.807, 2.05) is 20.8 Å². The molecule has 2 heterocycles. The topological polar surface area (TPSA) is 45.3 Å². The summed E-state index contributed by atoms with van der Waals surface area (Å²) in [5, 5.41) is 1.25. The van der Waals surface area contributed by atoms with Crippen molar-refractivity contribution in [2.75, 3.05) is 6.54 Å². The molecule has 0 radical (unpaired) electrons. The van der Waals surface area contributed by atoms with Crippen molar-refractivity contribution >= 4 is 32.9 Å². The smallest absolute Gasteiger partial charge is 0.410 e. The summed E-state index contributed by atoms with van der Waals surface area (Å²) in [6.07, 6.45) is 0.615. The van der Waals surface area contributed by atoms with Gasteiger partial charge in [0.25, 0.3) is 0 Å². The van der Waals surface area contributed by atoms with Crippen molar-refractivity contribution in [1.82, 2.24) is 9.88 Å². The molecule has 0 bridgehead atoms. The maximum absolute atomic E-state index is 12.2. The van der Waals surface area contributed by atoms with E-state index in [1.54, 1.807) is 4.90 Å². The molecule has 4 nitrogen and oxygen atoms in total. The second-order valence-corrected chi connectivity index (χ2v) is 7.34. The lowest BCUT2D eigenvalue weighted by Gasteiger charge is -2.30. The van der Waals surface area contributed by atoms with Crippen LogP contribution in [0.2, 0.25) is 0 Å². The van der Waals surface area contributed by atoms with E-state index in [0.29, 0.717) is 13.1 Å². The first-order chi connectivity index (χ1) is 9.83. The van der Waals surface area contributed by atoms with Crippen LogP contribution in [0.4, 0.5) is 4.79 Å². The van der Waals surface area contributed by atoms with Crippen molar-refractivity contribution in [2.24, 2.45) is 0 Å². The molecule has 112 valence electrons. The van der Waals surface area contributed by atoms with Crippen molar-refractivity contribution in [3.05, 3.63) is 33.9 Å². The first-order valence-electron chi connectivity index (χ1n) is 7.10. The van der Waals surface area contributed by atoms with Crippen LogP contribution in [-0.4, -0.2) is 28.1 Å². The lowest BCUT2D eigenvalue weighted by atomic mass is 10.0. The Morgan fingerprint density at radius 2 is 2.14 bits per heavy atom. The molecule has 0 spiro atoms. The van der Waals surface area contributed by atoms with Crippen molar-refractivity contribution in [1.29, 1.82) is 0 Å². The fraction of sp³-hybridized carbons (Fsp3) is 0.438. The molecule has 0 fully saturated rings. The number of carbonyl (C=O) groups excluding carboxylic acids is 1. The van der Waals surface area contributed by atoms with Crippen molar-refractivity contribution in [3.8, 4) is 0 Å². The lowest BCUT2D eigenvalue weighted by molar-refractivity contribution is 0.0222. The Morgan fingerprint density at radius 1 is 1.38 bits per heavy atom. The fourth-order valence-electron chi connectivity index (χ4n) is 2.70. The number of nitrogens with zero attached hydrogens (tertiary/aromatic N) is 1. The Kier molecular flexibility index (Phi) is 3.48. The van der Waals surface area contributed by atoms with Crippen molar-refractivity contribution in [3.63, 3.8) is 0 Å². The number of benzene rings is 1. The van der Waals surface area contributed by atoms with E-state index in [4.69, 9.17) is 4.74 Å². The summed E-state index contributed by atoms with van der Waals surface area (Å²) in [5.74, 6) is 0. The number of aromatic amines is 1. The van der Waals surface area contributed by atoms with Crippen molar-refractivity contribution in [2.45, 2.75) is 39.3 Å². The van der Waals surface area contributed by atoms with Crippen LogP contribution in [0.25, 0.3) is 10.9 Å². The molecule has 1 aromatic heterocycles. The highest BCUT2D eigenvalue weighted by molar-refractivity contribution is 9.10. The summed E-state index contributed by atoms with van der Waals surface area (Å²) in [7, 11) is 0. The number of halogens is 1. The number of aromatic nitrogens is 1. The molecule has 1 amide bonds. The Bertz CT molecular complexity index is 700. The summed E-state index contributed by atoms with van der Waals surface area (Å²) >= 11 is 3.49. The highest BCUT2D eigenvalue weighted by Crippen LogP contribution is 2.29. The quantitative estimate of drug-likeness (QED) is 0.772. The summed E-state index contributed by atoms with van der Waals surface area (Å²) in [6, 6.07) is 6.25. The number of fused-ring (bicyclic) bond motifs is 3. The minimum absolute atomic E-state index is 0.243. The molecule has 0 unspecified atom stereocenters. The maximum Gasteiger partial charge on any atom is 0.410 e. The Morgan fingerprint density at radius 3 is 2.86 bits per heavy atom. The number of H-pyrrole nitrogens is 1. The molecule has 0 atom stereocenters. The third kappa shape index (κ3) is 2.93. The van der Waals surface area contributed by atoms with E-state index in [1.165, 1.54) is 10.9 Å². The van der Waals surface area contributed by atoms with Gasteiger partial charge >= 0.3 is 6.09 Å². The average molecular weight is 351 g/mol. The predicted molar refractivity (Wildman–Crippen MR) is 86.3 cm³/mol. The van der Waals surface area contributed by atoms with Crippen LogP contribution < -0.4 is 0 Å². The first kappa shape index (κ1) is 14.4. The fourth-order valence-corrected chi connectivity index (χ4v) is 3.06. The van der Waals surface area contributed by atoms with E-state index in [9.17, 15) is 4.79 Å². The molecule has 0 saturated heterocycles. The molecule has 3 rings (SSSR count). The molecule has 1 aliphatic heterocycles. The second-order valence-electron chi connectivity index (χ2n) is 6.42. The van der Waals surface area contributed by atoms with Crippen LogP contribution in [0, 0.1) is 0 Å². The molecule has 0 aliphatic carbocycles. The number of nitrogens with one attached hydrogen (secondary N) is 1. The van der Waals surface area contributed by atoms with Gasteiger partial charge in [0.05, 0.1) is 6.54 Å². The predicted octanol–water partition coefficient (Wildman–Crippen LogP) is 4.22. The number of amides is 1. The Balaban J connectivity index is 1.86. The zero-order valence-electron chi connectivity index (χ0n) is 12.5.